The summed E-state index contributed by atoms with van der Waals surface area (Å²) in [5, 5.41) is 16.5. The fraction of sp³-hybridized carbons (Fsp3) is 0.833. The molecule has 0 unspecified atom stereocenters. The second kappa shape index (κ2) is 6.09. The van der Waals surface area contributed by atoms with Crippen molar-refractivity contribution in [3.05, 3.63) is 0 Å². The molecule has 5 heteroatoms. The Morgan fingerprint density at radius 3 is 2.73 bits per heavy atom. The van der Waals surface area contributed by atoms with E-state index in [9.17, 15) is 4.79 Å². The molecule has 0 heterocycles. The number of hydrogen-bond acceptors (Lipinski definition) is 4. The van der Waals surface area contributed by atoms with Crippen molar-refractivity contribution in [2.24, 2.45) is 5.73 Å². The number of carbonyl (C=O) groups is 1. The number of aliphatic hydroxyl groups is 1. The first kappa shape index (κ1) is 10.3. The maximum absolute atomic E-state index is 10.1. The van der Waals surface area contributed by atoms with Crippen LogP contribution in [0.25, 0.3) is 0 Å². The summed E-state index contributed by atoms with van der Waals surface area (Å²) in [7, 11) is 0. The van der Waals surface area contributed by atoms with Gasteiger partial charge in [0.2, 0.25) is 0 Å². The van der Waals surface area contributed by atoms with Gasteiger partial charge in [0.25, 0.3) is 0 Å². The highest BCUT2D eigenvalue weighted by atomic mass is 16.5. The summed E-state index contributed by atoms with van der Waals surface area (Å²) >= 11 is 0. The van der Waals surface area contributed by atoms with Crippen molar-refractivity contribution >= 4 is 5.97 Å². The highest BCUT2D eigenvalue weighted by molar-refractivity contribution is 5.67. The number of carboxylic acids is 1. The van der Waals surface area contributed by atoms with Gasteiger partial charge in [0.15, 0.2) is 0 Å². The van der Waals surface area contributed by atoms with Crippen LogP contribution >= 0.6 is 0 Å². The molecule has 0 spiro atoms. The molecule has 0 bridgehead atoms. The Morgan fingerprint density at radius 1 is 1.64 bits per heavy atom. The van der Waals surface area contributed by atoms with Crippen LogP contribution in [-0.2, 0) is 9.53 Å². The van der Waals surface area contributed by atoms with Crippen molar-refractivity contribution in [2.75, 3.05) is 19.8 Å². The van der Waals surface area contributed by atoms with Crippen molar-refractivity contribution in [1.29, 1.82) is 0 Å². The number of nitrogens with two attached hydrogens (primary N) is 1. The Balaban J connectivity index is 3.22. The van der Waals surface area contributed by atoms with E-state index in [2.05, 4.69) is 0 Å². The number of rotatable bonds is 6. The summed E-state index contributed by atoms with van der Waals surface area (Å²) in [5.41, 5.74) is 5.33. The predicted molar refractivity (Wildman–Crippen MR) is 38.1 cm³/mol. The molecular weight excluding hydrogens is 150 g/mol. The highest BCUT2D eigenvalue weighted by Gasteiger charge is 2.06. The van der Waals surface area contributed by atoms with E-state index in [1.807, 2.05) is 0 Å². The van der Waals surface area contributed by atoms with Gasteiger partial charge in [-0.15, -0.1) is 0 Å². The number of hydrogen-bond donors (Lipinski definition) is 3. The molecule has 0 aliphatic carbocycles. The largest absolute Gasteiger partial charge is 0.481 e. The predicted octanol–water partition coefficient (Wildman–Crippen LogP) is -1.20. The molecule has 0 saturated carbocycles. The lowest BCUT2D eigenvalue weighted by molar-refractivity contribution is -0.137. The second-order valence-electron chi connectivity index (χ2n) is 2.16. The van der Waals surface area contributed by atoms with E-state index >= 15 is 0 Å². The average molecular weight is 163 g/mol. The Hall–Kier alpha value is -0.650. The molecule has 0 aromatic carbocycles. The van der Waals surface area contributed by atoms with Crippen molar-refractivity contribution < 1.29 is 19.7 Å². The molecule has 0 aliphatic rings. The Kier molecular flexibility index (Phi) is 5.73. The van der Waals surface area contributed by atoms with Crippen LogP contribution in [0.4, 0.5) is 0 Å². The molecule has 1 atom stereocenters. The average Bonchev–Trinajstić information content (AvgIpc) is 1.86. The number of carboxylic acid groups (broad SMARTS) is 1. The fourth-order valence-electron chi connectivity index (χ4n) is 0.582. The van der Waals surface area contributed by atoms with E-state index < -0.39 is 12.0 Å². The summed E-state index contributed by atoms with van der Waals surface area (Å²) < 4.78 is 4.81. The molecule has 0 aromatic heterocycles. The molecule has 0 rings (SSSR count). The first-order chi connectivity index (χ1) is 5.16. The van der Waals surface area contributed by atoms with Crippen LogP contribution in [0.15, 0.2) is 0 Å². The minimum absolute atomic E-state index is 0.0697. The van der Waals surface area contributed by atoms with Gasteiger partial charge in [-0.05, 0) is 0 Å². The van der Waals surface area contributed by atoms with Crippen molar-refractivity contribution in [2.45, 2.75) is 12.5 Å². The topological polar surface area (TPSA) is 92.8 Å². The summed E-state index contributed by atoms with van der Waals surface area (Å²) in [6.45, 7) is 0.306. The minimum atomic E-state index is -0.940. The van der Waals surface area contributed by atoms with Crippen molar-refractivity contribution in [3.8, 4) is 0 Å². The summed E-state index contributed by atoms with van der Waals surface area (Å²) in [5.74, 6) is -0.940. The normalized spacial score (nSPS) is 12.9. The third-order valence-corrected chi connectivity index (χ3v) is 1.00. The lowest BCUT2D eigenvalue weighted by Gasteiger charge is -2.07. The van der Waals surface area contributed by atoms with Crippen LogP contribution in [0.3, 0.4) is 0 Å². The van der Waals surface area contributed by atoms with Gasteiger partial charge in [-0.2, -0.15) is 0 Å². The zero-order valence-corrected chi connectivity index (χ0v) is 6.19. The van der Waals surface area contributed by atoms with Gasteiger partial charge in [-0.3, -0.25) is 4.79 Å². The quantitative estimate of drug-likeness (QED) is 0.427. The van der Waals surface area contributed by atoms with E-state index in [0.29, 0.717) is 0 Å². The van der Waals surface area contributed by atoms with Crippen LogP contribution in [0, 0.1) is 0 Å². The van der Waals surface area contributed by atoms with E-state index in [0.717, 1.165) is 0 Å². The molecule has 0 saturated heterocycles. The maximum atomic E-state index is 10.1. The zero-order chi connectivity index (χ0) is 8.69. The lowest BCUT2D eigenvalue weighted by atomic mass is 10.2. The van der Waals surface area contributed by atoms with Crippen LogP contribution in [0.1, 0.15) is 6.42 Å². The maximum Gasteiger partial charge on any atom is 0.305 e. The van der Waals surface area contributed by atoms with Gasteiger partial charge < -0.3 is 20.7 Å². The van der Waals surface area contributed by atoms with E-state index in [-0.39, 0.29) is 26.2 Å². The van der Waals surface area contributed by atoms with Crippen LogP contribution in [-0.4, -0.2) is 42.0 Å². The van der Waals surface area contributed by atoms with Crippen LogP contribution < -0.4 is 5.73 Å². The van der Waals surface area contributed by atoms with E-state index in [4.69, 9.17) is 20.7 Å². The van der Waals surface area contributed by atoms with Crippen molar-refractivity contribution in [1.82, 2.24) is 0 Å². The van der Waals surface area contributed by atoms with Crippen LogP contribution in [0.2, 0.25) is 0 Å². The molecular formula is C6H13NO4. The second-order valence-corrected chi connectivity index (χ2v) is 2.16. The molecule has 0 aromatic rings. The third-order valence-electron chi connectivity index (χ3n) is 1.00. The monoisotopic (exact) mass is 163 g/mol. The number of aliphatic hydroxyl groups excluding tert-OH is 1. The van der Waals surface area contributed by atoms with Gasteiger partial charge in [-0.25, -0.2) is 0 Å². The molecule has 66 valence electrons. The summed E-state index contributed by atoms with van der Waals surface area (Å²) in [4.78, 5) is 10.1. The first-order valence-corrected chi connectivity index (χ1v) is 3.32. The van der Waals surface area contributed by atoms with Gasteiger partial charge >= 0.3 is 5.97 Å². The molecule has 5 nitrogen and oxygen atoms in total. The molecule has 0 fully saturated rings. The molecule has 0 amide bonds. The third kappa shape index (κ3) is 7.24. The van der Waals surface area contributed by atoms with Gasteiger partial charge in [0.05, 0.1) is 26.2 Å². The molecule has 0 radical (unpaired) electrons. The lowest BCUT2D eigenvalue weighted by Crippen LogP contribution is -2.29. The standard InChI is InChI=1S/C6H13NO4/c7-5(3-6(9)10)4-11-2-1-8/h5,8H,1-4,7H2,(H,9,10)/t5-/m1/s1. The Labute approximate surface area is 64.8 Å². The van der Waals surface area contributed by atoms with Gasteiger partial charge in [-0.1, -0.05) is 0 Å². The van der Waals surface area contributed by atoms with E-state index in [1.54, 1.807) is 0 Å². The number of ether oxygens (including phenoxy) is 1. The number of aliphatic carboxylic acids is 1. The Morgan fingerprint density at radius 2 is 2.27 bits per heavy atom. The van der Waals surface area contributed by atoms with Gasteiger partial charge in [0.1, 0.15) is 0 Å². The summed E-state index contributed by atoms with van der Waals surface area (Å²) in [6.07, 6.45) is -0.106. The Bertz CT molecular complexity index is 117. The first-order valence-electron chi connectivity index (χ1n) is 3.32. The zero-order valence-electron chi connectivity index (χ0n) is 6.19. The molecule has 4 N–H and O–H groups in total. The van der Waals surface area contributed by atoms with Crippen LogP contribution in [0.5, 0.6) is 0 Å². The molecule has 11 heavy (non-hydrogen) atoms. The highest BCUT2D eigenvalue weighted by Crippen LogP contribution is 1.88. The van der Waals surface area contributed by atoms with Crippen molar-refractivity contribution in [3.63, 3.8) is 0 Å². The SMILES string of the molecule is N[C@@H](COCCO)CC(=O)O. The van der Waals surface area contributed by atoms with Gasteiger partial charge in [0, 0.05) is 6.04 Å². The fourth-order valence-corrected chi connectivity index (χ4v) is 0.582. The smallest absolute Gasteiger partial charge is 0.305 e. The minimum Gasteiger partial charge on any atom is -0.481 e. The summed E-state index contributed by atoms with van der Waals surface area (Å²) in [6, 6.07) is -0.487. The molecule has 0 aliphatic heterocycles. The van der Waals surface area contributed by atoms with E-state index in [1.165, 1.54) is 0 Å².